The minimum atomic E-state index is -3.51. The second-order valence-corrected chi connectivity index (χ2v) is 8.10. The van der Waals surface area contributed by atoms with E-state index in [1.54, 1.807) is 26.0 Å². The van der Waals surface area contributed by atoms with Gasteiger partial charge in [0.25, 0.3) is 0 Å². The number of halogens is 1. The van der Waals surface area contributed by atoms with Gasteiger partial charge in [0.2, 0.25) is 10.0 Å². The lowest BCUT2D eigenvalue weighted by Crippen LogP contribution is -2.23. The minimum absolute atomic E-state index is 0.118. The van der Waals surface area contributed by atoms with Crippen molar-refractivity contribution in [1.82, 2.24) is 9.88 Å². The summed E-state index contributed by atoms with van der Waals surface area (Å²) in [4.78, 5) is 1.03. The molecule has 0 radical (unpaired) electrons. The molecule has 0 saturated carbocycles. The molecule has 0 amide bonds. The molecule has 0 fully saturated rings. The summed E-state index contributed by atoms with van der Waals surface area (Å²) in [6.45, 7) is 3.64. The number of nitrogens with zero attached hydrogens (tertiary/aromatic N) is 1. The molecule has 2 aromatic heterocycles. The Kier molecular flexibility index (Phi) is 3.90. The molecule has 0 bridgehead atoms. The molecule has 1 N–H and O–H groups in total. The van der Waals surface area contributed by atoms with Gasteiger partial charge in [-0.05, 0) is 35.8 Å². The molecule has 8 heteroatoms. The van der Waals surface area contributed by atoms with Gasteiger partial charge in [0.1, 0.15) is 5.76 Å². The van der Waals surface area contributed by atoms with Crippen molar-refractivity contribution in [2.24, 2.45) is 0 Å². The first-order chi connectivity index (χ1) is 8.38. The smallest absolute Gasteiger partial charge is 0.242 e. The molecule has 98 valence electrons. The number of rotatable bonds is 4. The normalized spacial score (nSPS) is 11.9. The summed E-state index contributed by atoms with van der Waals surface area (Å²) in [7, 11) is -3.51. The van der Waals surface area contributed by atoms with Gasteiger partial charge < -0.3 is 4.52 Å². The van der Waals surface area contributed by atoms with E-state index in [2.05, 4.69) is 25.8 Å². The molecule has 5 nitrogen and oxygen atoms in total. The Hall–Kier alpha value is -0.700. The Balaban J connectivity index is 2.15. The molecular formula is C10H11BrN2O3S2. The van der Waals surface area contributed by atoms with Crippen LogP contribution < -0.4 is 4.72 Å². The summed E-state index contributed by atoms with van der Waals surface area (Å²) < 4.78 is 32.3. The van der Waals surface area contributed by atoms with Crippen molar-refractivity contribution < 1.29 is 12.9 Å². The summed E-state index contributed by atoms with van der Waals surface area (Å²) in [6, 6.07) is 3.29. The van der Waals surface area contributed by atoms with Crippen LogP contribution in [-0.2, 0) is 16.6 Å². The van der Waals surface area contributed by atoms with E-state index in [-0.39, 0.29) is 6.54 Å². The number of thiophene rings is 1. The highest BCUT2D eigenvalue weighted by Gasteiger charge is 2.19. The third-order valence-electron chi connectivity index (χ3n) is 2.25. The second kappa shape index (κ2) is 5.12. The standard InChI is InChI=1S/C10H11BrN2O3S2/c1-6-3-8(13-16-6)5-12-18(14,15)9-4-10(11)17-7(9)2/h3-4,12H,5H2,1-2H3. The Morgan fingerprint density at radius 2 is 2.17 bits per heavy atom. The zero-order chi connectivity index (χ0) is 13.3. The van der Waals surface area contributed by atoms with Gasteiger partial charge in [0.15, 0.2) is 0 Å². The molecule has 2 aromatic rings. The van der Waals surface area contributed by atoms with Crippen LogP contribution in [0.2, 0.25) is 0 Å². The van der Waals surface area contributed by atoms with E-state index in [4.69, 9.17) is 4.52 Å². The maximum absolute atomic E-state index is 12.1. The highest BCUT2D eigenvalue weighted by molar-refractivity contribution is 9.11. The van der Waals surface area contributed by atoms with Gasteiger partial charge in [-0.25, -0.2) is 13.1 Å². The van der Waals surface area contributed by atoms with Gasteiger partial charge in [-0.2, -0.15) is 0 Å². The number of nitrogens with one attached hydrogen (secondary N) is 1. The lowest BCUT2D eigenvalue weighted by molar-refractivity contribution is 0.390. The molecule has 0 unspecified atom stereocenters. The third-order valence-corrected chi connectivity index (χ3v) is 5.46. The number of aryl methyl sites for hydroxylation is 2. The molecule has 18 heavy (non-hydrogen) atoms. The van der Waals surface area contributed by atoms with Crippen LogP contribution in [0.3, 0.4) is 0 Å². The van der Waals surface area contributed by atoms with Crippen LogP contribution in [0.15, 0.2) is 25.3 Å². The van der Waals surface area contributed by atoms with E-state index < -0.39 is 10.0 Å². The van der Waals surface area contributed by atoms with Crippen LogP contribution in [0.4, 0.5) is 0 Å². The highest BCUT2D eigenvalue weighted by Crippen LogP contribution is 2.29. The van der Waals surface area contributed by atoms with Crippen molar-refractivity contribution in [3.63, 3.8) is 0 Å². The lowest BCUT2D eigenvalue weighted by atomic mass is 10.4. The van der Waals surface area contributed by atoms with Gasteiger partial charge in [0, 0.05) is 10.9 Å². The van der Waals surface area contributed by atoms with Crippen LogP contribution >= 0.6 is 27.3 Å². The first-order valence-corrected chi connectivity index (χ1v) is 8.15. The molecule has 0 aliphatic heterocycles. The van der Waals surface area contributed by atoms with Gasteiger partial charge in [0.05, 0.1) is 20.9 Å². The molecule has 2 rings (SSSR count). The van der Waals surface area contributed by atoms with E-state index in [9.17, 15) is 8.42 Å². The largest absolute Gasteiger partial charge is 0.361 e. The average molecular weight is 351 g/mol. The Morgan fingerprint density at radius 3 is 2.67 bits per heavy atom. The SMILES string of the molecule is Cc1cc(CNS(=O)(=O)c2cc(Br)sc2C)no1. The van der Waals surface area contributed by atoms with Crippen LogP contribution in [0.5, 0.6) is 0 Å². The minimum Gasteiger partial charge on any atom is -0.361 e. The Labute approximate surface area is 117 Å². The molecule has 2 heterocycles. The summed E-state index contributed by atoms with van der Waals surface area (Å²) in [5.41, 5.74) is 0.558. The number of sulfonamides is 1. The maximum atomic E-state index is 12.1. The number of hydrogen-bond donors (Lipinski definition) is 1. The fraction of sp³-hybridized carbons (Fsp3) is 0.300. The predicted molar refractivity (Wildman–Crippen MR) is 72.0 cm³/mol. The second-order valence-electron chi connectivity index (χ2n) is 3.72. The van der Waals surface area contributed by atoms with Gasteiger partial charge in [-0.15, -0.1) is 11.3 Å². The first-order valence-electron chi connectivity index (χ1n) is 5.06. The van der Waals surface area contributed by atoms with Crippen LogP contribution in [0.25, 0.3) is 0 Å². The first kappa shape index (κ1) is 13.7. The quantitative estimate of drug-likeness (QED) is 0.919. The molecule has 0 aliphatic rings. The Morgan fingerprint density at radius 1 is 1.44 bits per heavy atom. The summed E-state index contributed by atoms with van der Waals surface area (Å²) >= 11 is 4.66. The van der Waals surface area contributed by atoms with Crippen molar-refractivity contribution in [3.05, 3.63) is 32.3 Å². The predicted octanol–water partition coefficient (Wildman–Crippen LogP) is 2.59. The van der Waals surface area contributed by atoms with Crippen LogP contribution in [0, 0.1) is 13.8 Å². The zero-order valence-corrected chi connectivity index (χ0v) is 12.9. The number of hydrogen-bond acceptors (Lipinski definition) is 5. The van der Waals surface area contributed by atoms with E-state index >= 15 is 0 Å². The molecule has 0 saturated heterocycles. The topological polar surface area (TPSA) is 72.2 Å². The van der Waals surface area contributed by atoms with Crippen molar-refractivity contribution in [3.8, 4) is 0 Å². The van der Waals surface area contributed by atoms with Gasteiger partial charge >= 0.3 is 0 Å². The van der Waals surface area contributed by atoms with E-state index in [1.807, 2.05) is 0 Å². The molecule has 0 atom stereocenters. The monoisotopic (exact) mass is 350 g/mol. The number of aromatic nitrogens is 1. The summed E-state index contributed by atoms with van der Waals surface area (Å²) in [5.74, 6) is 0.652. The van der Waals surface area contributed by atoms with E-state index in [1.165, 1.54) is 11.3 Å². The molecular weight excluding hydrogens is 340 g/mol. The Bertz CT molecular complexity index is 660. The summed E-state index contributed by atoms with van der Waals surface area (Å²) in [6.07, 6.45) is 0. The molecule has 0 spiro atoms. The zero-order valence-electron chi connectivity index (χ0n) is 9.73. The van der Waals surface area contributed by atoms with E-state index in [0.29, 0.717) is 16.3 Å². The summed E-state index contributed by atoms with van der Waals surface area (Å²) in [5, 5.41) is 3.73. The van der Waals surface area contributed by atoms with E-state index in [0.717, 1.165) is 8.66 Å². The van der Waals surface area contributed by atoms with Crippen LogP contribution in [0.1, 0.15) is 16.3 Å². The average Bonchev–Trinajstić information content (AvgIpc) is 2.82. The third kappa shape index (κ3) is 3.00. The van der Waals surface area contributed by atoms with Crippen LogP contribution in [-0.4, -0.2) is 13.6 Å². The maximum Gasteiger partial charge on any atom is 0.242 e. The highest BCUT2D eigenvalue weighted by atomic mass is 79.9. The molecule has 0 aromatic carbocycles. The van der Waals surface area contributed by atoms with Gasteiger partial charge in [-0.3, -0.25) is 0 Å². The molecule has 0 aliphatic carbocycles. The van der Waals surface area contributed by atoms with Crippen molar-refractivity contribution in [2.75, 3.05) is 0 Å². The van der Waals surface area contributed by atoms with Gasteiger partial charge in [-0.1, -0.05) is 5.16 Å². The van der Waals surface area contributed by atoms with Crippen molar-refractivity contribution in [1.29, 1.82) is 0 Å². The lowest BCUT2D eigenvalue weighted by Gasteiger charge is -2.03. The fourth-order valence-electron chi connectivity index (χ4n) is 1.45. The van der Waals surface area contributed by atoms with Crippen molar-refractivity contribution >= 4 is 37.3 Å². The van der Waals surface area contributed by atoms with Crippen molar-refractivity contribution in [2.45, 2.75) is 25.3 Å². The fourth-order valence-corrected chi connectivity index (χ4v) is 4.86.